The monoisotopic (exact) mass is 388 g/mol. The van der Waals surface area contributed by atoms with E-state index in [2.05, 4.69) is 41.0 Å². The molecule has 0 aliphatic carbocycles. The van der Waals surface area contributed by atoms with Gasteiger partial charge in [-0.3, -0.25) is 14.6 Å². The van der Waals surface area contributed by atoms with Crippen molar-refractivity contribution in [2.75, 3.05) is 6.54 Å². The van der Waals surface area contributed by atoms with Crippen LogP contribution in [0.4, 0.5) is 0 Å². The molecule has 1 heterocycles. The number of hydrogen-bond donors (Lipinski definition) is 2. The van der Waals surface area contributed by atoms with Crippen LogP contribution in [-0.4, -0.2) is 28.3 Å². The van der Waals surface area contributed by atoms with Crippen molar-refractivity contribution in [2.24, 2.45) is 0 Å². The highest BCUT2D eigenvalue weighted by Gasteiger charge is 2.17. The van der Waals surface area contributed by atoms with Gasteiger partial charge in [0.05, 0.1) is 23.3 Å². The number of hydrogen-bond acceptors (Lipinski definition) is 4. The summed E-state index contributed by atoms with van der Waals surface area (Å²) in [6.45, 7) is 7.96. The first kappa shape index (κ1) is 20.2. The topological polar surface area (TPSA) is 84.0 Å². The molecule has 1 unspecified atom stereocenters. The van der Waals surface area contributed by atoms with Crippen molar-refractivity contribution in [1.29, 1.82) is 0 Å². The molecular formula is C23H24N4O2. The maximum atomic E-state index is 12.6. The molecule has 0 spiro atoms. The van der Waals surface area contributed by atoms with Crippen LogP contribution < -0.4 is 10.6 Å². The number of aromatic nitrogens is 2. The zero-order chi connectivity index (χ0) is 20.8. The van der Waals surface area contributed by atoms with Gasteiger partial charge in [0.15, 0.2) is 0 Å². The molecule has 0 radical (unpaired) electrons. The highest BCUT2D eigenvalue weighted by atomic mass is 16.2. The number of fused-ring (bicyclic) bond motifs is 1. The highest BCUT2D eigenvalue weighted by Crippen LogP contribution is 2.19. The molecule has 3 rings (SSSR count). The molecule has 0 aliphatic rings. The van der Waals surface area contributed by atoms with Gasteiger partial charge in [0, 0.05) is 6.54 Å². The molecule has 0 fully saturated rings. The Balaban J connectivity index is 1.75. The van der Waals surface area contributed by atoms with E-state index >= 15 is 0 Å². The normalized spacial score (nSPS) is 11.8. The van der Waals surface area contributed by atoms with E-state index in [9.17, 15) is 9.59 Å². The molecular weight excluding hydrogens is 364 g/mol. The predicted molar refractivity (Wildman–Crippen MR) is 113 cm³/mol. The average Bonchev–Trinajstić information content (AvgIpc) is 2.75. The minimum Gasteiger partial charge on any atom is -0.348 e. The summed E-state index contributed by atoms with van der Waals surface area (Å²) in [5.41, 5.74) is 3.71. The van der Waals surface area contributed by atoms with Crippen LogP contribution in [-0.2, 0) is 4.79 Å². The Hall–Kier alpha value is -3.54. The number of rotatable bonds is 7. The number of carbonyl (C=O) groups is 2. The Kier molecular flexibility index (Phi) is 6.34. The number of carbonyl (C=O) groups excluding carboxylic acids is 2. The van der Waals surface area contributed by atoms with Crippen LogP contribution in [0.3, 0.4) is 0 Å². The van der Waals surface area contributed by atoms with E-state index in [1.807, 2.05) is 48.5 Å². The number of benzene rings is 2. The molecule has 2 aromatic carbocycles. The molecule has 0 aliphatic heterocycles. The van der Waals surface area contributed by atoms with Crippen LogP contribution in [0.25, 0.3) is 11.0 Å². The summed E-state index contributed by atoms with van der Waals surface area (Å²) in [4.78, 5) is 33.1. The second kappa shape index (κ2) is 9.10. The van der Waals surface area contributed by atoms with Gasteiger partial charge in [-0.25, -0.2) is 4.98 Å². The maximum Gasteiger partial charge on any atom is 0.271 e. The van der Waals surface area contributed by atoms with E-state index in [4.69, 9.17) is 0 Å². The number of nitrogens with one attached hydrogen (secondary N) is 2. The lowest BCUT2D eigenvalue weighted by atomic mass is 9.99. The molecule has 0 bridgehead atoms. The minimum atomic E-state index is -0.390. The van der Waals surface area contributed by atoms with E-state index in [1.165, 1.54) is 17.8 Å². The Bertz CT molecular complexity index is 1030. The van der Waals surface area contributed by atoms with Gasteiger partial charge in [-0.15, -0.1) is 0 Å². The van der Waals surface area contributed by atoms with Gasteiger partial charge in [0.2, 0.25) is 5.91 Å². The zero-order valence-electron chi connectivity index (χ0n) is 16.6. The van der Waals surface area contributed by atoms with Crippen molar-refractivity contribution in [1.82, 2.24) is 20.6 Å². The fraction of sp³-hybridized carbons (Fsp3) is 0.217. The van der Waals surface area contributed by atoms with Crippen LogP contribution in [0.15, 0.2) is 67.4 Å². The second-order valence-corrected chi connectivity index (χ2v) is 7.04. The third-order valence-corrected chi connectivity index (χ3v) is 4.66. The van der Waals surface area contributed by atoms with Gasteiger partial charge in [-0.05, 0) is 35.3 Å². The number of amides is 2. The summed E-state index contributed by atoms with van der Waals surface area (Å²) in [6, 6.07) is 15.0. The molecule has 2 amide bonds. The lowest BCUT2D eigenvalue weighted by Crippen LogP contribution is -2.37. The smallest absolute Gasteiger partial charge is 0.271 e. The Morgan fingerprint density at radius 2 is 1.69 bits per heavy atom. The van der Waals surface area contributed by atoms with Crippen LogP contribution in [0.1, 0.15) is 47.4 Å². The van der Waals surface area contributed by atoms with Crippen molar-refractivity contribution < 1.29 is 9.59 Å². The summed E-state index contributed by atoms with van der Waals surface area (Å²) in [7, 11) is 0. The lowest BCUT2D eigenvalue weighted by Gasteiger charge is -2.20. The lowest BCUT2D eigenvalue weighted by molar-refractivity contribution is -0.117. The standard InChI is InChI=1S/C23H24N4O2/c1-4-22(28)27-20(17-11-9-16(10-12-17)15(2)3)13-25-23(29)21-14-24-18-7-5-6-8-19(18)26-21/h4-12,14-15,20H,1,13H2,2-3H3,(H,25,29)(H,27,28). The fourth-order valence-electron chi connectivity index (χ4n) is 2.95. The second-order valence-electron chi connectivity index (χ2n) is 7.04. The van der Waals surface area contributed by atoms with Crippen molar-refractivity contribution in [2.45, 2.75) is 25.8 Å². The van der Waals surface area contributed by atoms with Gasteiger partial charge in [0.1, 0.15) is 5.69 Å². The van der Waals surface area contributed by atoms with Gasteiger partial charge < -0.3 is 10.6 Å². The molecule has 29 heavy (non-hydrogen) atoms. The molecule has 3 aromatic rings. The van der Waals surface area contributed by atoms with Gasteiger partial charge in [-0.1, -0.05) is 56.8 Å². The molecule has 6 nitrogen and oxygen atoms in total. The molecule has 148 valence electrons. The van der Waals surface area contributed by atoms with Crippen LogP contribution in [0.5, 0.6) is 0 Å². The van der Waals surface area contributed by atoms with Crippen molar-refractivity contribution >= 4 is 22.8 Å². The first-order valence-corrected chi connectivity index (χ1v) is 9.50. The van der Waals surface area contributed by atoms with Gasteiger partial charge in [-0.2, -0.15) is 0 Å². The molecule has 1 atom stereocenters. The molecule has 1 aromatic heterocycles. The van der Waals surface area contributed by atoms with Gasteiger partial charge >= 0.3 is 0 Å². The number of para-hydroxylation sites is 2. The summed E-state index contributed by atoms with van der Waals surface area (Å²) in [5, 5.41) is 5.70. The SMILES string of the molecule is C=CC(=O)NC(CNC(=O)c1cnc2ccccc2n1)c1ccc(C(C)C)cc1. The summed E-state index contributed by atoms with van der Waals surface area (Å²) in [5.74, 6) is -0.237. The maximum absolute atomic E-state index is 12.6. The van der Waals surface area contributed by atoms with E-state index in [0.29, 0.717) is 11.4 Å². The Morgan fingerprint density at radius 3 is 2.34 bits per heavy atom. The minimum absolute atomic E-state index is 0.216. The molecule has 0 saturated carbocycles. The average molecular weight is 388 g/mol. The van der Waals surface area contributed by atoms with Crippen molar-refractivity contribution in [3.8, 4) is 0 Å². The largest absolute Gasteiger partial charge is 0.348 e. The predicted octanol–water partition coefficient (Wildman–Crippen LogP) is 3.53. The van der Waals surface area contributed by atoms with Crippen molar-refractivity contribution in [3.63, 3.8) is 0 Å². The first-order chi connectivity index (χ1) is 14.0. The quantitative estimate of drug-likeness (QED) is 0.607. The number of nitrogens with zero attached hydrogens (tertiary/aromatic N) is 2. The van der Waals surface area contributed by atoms with E-state index < -0.39 is 0 Å². The van der Waals surface area contributed by atoms with Crippen LogP contribution in [0, 0.1) is 0 Å². The first-order valence-electron chi connectivity index (χ1n) is 9.50. The summed E-state index contributed by atoms with van der Waals surface area (Å²) >= 11 is 0. The third-order valence-electron chi connectivity index (χ3n) is 4.66. The summed E-state index contributed by atoms with van der Waals surface area (Å²) < 4.78 is 0. The molecule has 0 saturated heterocycles. The Labute approximate surface area is 170 Å². The van der Waals surface area contributed by atoms with Gasteiger partial charge in [0.25, 0.3) is 5.91 Å². The highest BCUT2D eigenvalue weighted by molar-refractivity contribution is 5.93. The van der Waals surface area contributed by atoms with Crippen LogP contribution in [0.2, 0.25) is 0 Å². The fourth-order valence-corrected chi connectivity index (χ4v) is 2.95. The summed E-state index contributed by atoms with van der Waals surface area (Å²) in [6.07, 6.45) is 2.67. The van der Waals surface area contributed by atoms with E-state index in [0.717, 1.165) is 11.1 Å². The van der Waals surface area contributed by atoms with Crippen molar-refractivity contribution in [3.05, 3.63) is 84.2 Å². The van der Waals surface area contributed by atoms with Crippen LogP contribution >= 0.6 is 0 Å². The van der Waals surface area contributed by atoms with E-state index in [-0.39, 0.29) is 30.1 Å². The Morgan fingerprint density at radius 1 is 1.03 bits per heavy atom. The zero-order valence-corrected chi connectivity index (χ0v) is 16.6. The van der Waals surface area contributed by atoms with E-state index in [1.54, 1.807) is 0 Å². The third kappa shape index (κ3) is 5.04. The molecule has 2 N–H and O–H groups in total. The molecule has 6 heteroatoms.